The van der Waals surface area contributed by atoms with E-state index in [9.17, 15) is 0 Å². The van der Waals surface area contributed by atoms with Crippen LogP contribution >= 0.6 is 11.6 Å². The van der Waals surface area contributed by atoms with Gasteiger partial charge in [0.2, 0.25) is 0 Å². The van der Waals surface area contributed by atoms with Gasteiger partial charge in [-0.25, -0.2) is 0 Å². The first-order valence-corrected chi connectivity index (χ1v) is 7.66. The molecule has 0 radical (unpaired) electrons. The minimum atomic E-state index is -0.0142. The second-order valence-electron chi connectivity index (χ2n) is 5.54. The van der Waals surface area contributed by atoms with E-state index in [1.54, 1.807) is 7.11 Å². The van der Waals surface area contributed by atoms with E-state index in [2.05, 4.69) is 31.0 Å². The lowest BCUT2D eigenvalue weighted by molar-refractivity contribution is 0.406. The molecular formula is C18H22ClNO. The fraction of sp³-hybridized carbons (Fsp3) is 0.389. The molecule has 21 heavy (non-hydrogen) atoms. The molecule has 0 saturated carbocycles. The van der Waals surface area contributed by atoms with Crippen molar-refractivity contribution in [2.45, 2.75) is 32.6 Å². The lowest BCUT2D eigenvalue weighted by Crippen LogP contribution is -2.10. The van der Waals surface area contributed by atoms with E-state index in [-0.39, 0.29) is 5.38 Å². The van der Waals surface area contributed by atoms with Gasteiger partial charge in [-0.1, -0.05) is 37.3 Å². The van der Waals surface area contributed by atoms with Crippen molar-refractivity contribution >= 4 is 11.6 Å². The number of hydrogen-bond donors (Lipinski definition) is 0. The maximum Gasteiger partial charge on any atom is 0.128 e. The average molecular weight is 304 g/mol. The van der Waals surface area contributed by atoms with E-state index in [1.165, 1.54) is 0 Å². The topological polar surface area (TPSA) is 22.1 Å². The zero-order valence-electron chi connectivity index (χ0n) is 13.1. The minimum absolute atomic E-state index is 0.0142. The number of benzene rings is 1. The molecule has 0 bridgehead atoms. The van der Waals surface area contributed by atoms with Crippen LogP contribution in [0.15, 0.2) is 36.5 Å². The number of aromatic nitrogens is 1. The van der Waals surface area contributed by atoms with Gasteiger partial charge in [0.15, 0.2) is 0 Å². The Bertz CT molecular complexity index is 598. The first-order valence-electron chi connectivity index (χ1n) is 7.22. The third-order valence-corrected chi connectivity index (χ3v) is 4.56. The number of methoxy groups -OCH3 is 1. The van der Waals surface area contributed by atoms with Gasteiger partial charge >= 0.3 is 0 Å². The maximum absolute atomic E-state index is 6.60. The lowest BCUT2D eigenvalue weighted by atomic mass is 9.94. The van der Waals surface area contributed by atoms with Crippen LogP contribution in [-0.4, -0.2) is 12.1 Å². The number of ether oxygens (including phenoxy) is 1. The molecule has 1 aromatic heterocycles. The number of hydrogen-bond acceptors (Lipinski definition) is 2. The van der Waals surface area contributed by atoms with Crippen LogP contribution in [-0.2, 0) is 6.42 Å². The van der Waals surface area contributed by atoms with Crippen molar-refractivity contribution in [3.8, 4) is 5.75 Å². The number of rotatable bonds is 5. The predicted octanol–water partition coefficient (Wildman–Crippen LogP) is 4.87. The summed E-state index contributed by atoms with van der Waals surface area (Å²) in [6.45, 7) is 6.24. The first-order chi connectivity index (χ1) is 10.0. The molecule has 0 aliphatic carbocycles. The van der Waals surface area contributed by atoms with Crippen molar-refractivity contribution < 1.29 is 4.74 Å². The minimum Gasteiger partial charge on any atom is -0.496 e. The molecule has 0 spiro atoms. The van der Waals surface area contributed by atoms with Gasteiger partial charge in [0.25, 0.3) is 0 Å². The molecule has 2 rings (SSSR count). The van der Waals surface area contributed by atoms with Crippen molar-refractivity contribution in [1.29, 1.82) is 0 Å². The highest BCUT2D eigenvalue weighted by Gasteiger charge is 2.19. The van der Waals surface area contributed by atoms with Gasteiger partial charge in [-0.15, -0.1) is 11.6 Å². The van der Waals surface area contributed by atoms with Crippen LogP contribution in [0.25, 0.3) is 0 Å². The molecule has 2 nitrogen and oxygen atoms in total. The fourth-order valence-electron chi connectivity index (χ4n) is 2.65. The van der Waals surface area contributed by atoms with E-state index >= 15 is 0 Å². The zero-order chi connectivity index (χ0) is 15.4. The van der Waals surface area contributed by atoms with Crippen molar-refractivity contribution in [2.24, 2.45) is 5.92 Å². The Hall–Kier alpha value is -1.54. The van der Waals surface area contributed by atoms with E-state index < -0.39 is 0 Å². The van der Waals surface area contributed by atoms with Gasteiger partial charge in [-0.3, -0.25) is 4.98 Å². The molecule has 0 amide bonds. The molecule has 1 aromatic carbocycles. The summed E-state index contributed by atoms with van der Waals surface area (Å²) in [7, 11) is 1.71. The van der Waals surface area contributed by atoms with Crippen molar-refractivity contribution in [3.05, 3.63) is 58.9 Å². The predicted molar refractivity (Wildman–Crippen MR) is 88.2 cm³/mol. The smallest absolute Gasteiger partial charge is 0.128 e. The van der Waals surface area contributed by atoms with Crippen LogP contribution in [0.5, 0.6) is 5.75 Å². The Morgan fingerprint density at radius 3 is 2.48 bits per heavy atom. The molecule has 0 saturated heterocycles. The molecule has 0 N–H and O–H groups in total. The molecular weight excluding hydrogens is 282 g/mol. The van der Waals surface area contributed by atoms with E-state index in [0.29, 0.717) is 5.92 Å². The van der Waals surface area contributed by atoms with Crippen LogP contribution in [0.3, 0.4) is 0 Å². The number of nitrogens with zero attached hydrogens (tertiary/aromatic N) is 1. The summed E-state index contributed by atoms with van der Waals surface area (Å²) in [6, 6.07) is 10.2. The van der Waals surface area contributed by atoms with Crippen LogP contribution in [0.4, 0.5) is 0 Å². The number of alkyl halides is 1. The van der Waals surface area contributed by atoms with Crippen LogP contribution in [0.1, 0.15) is 34.7 Å². The maximum atomic E-state index is 6.60. The van der Waals surface area contributed by atoms with Crippen LogP contribution < -0.4 is 4.74 Å². The van der Waals surface area contributed by atoms with Gasteiger partial charge in [-0.05, 0) is 31.7 Å². The summed E-state index contributed by atoms with van der Waals surface area (Å²) in [6.07, 6.45) is 2.71. The average Bonchev–Trinajstić information content (AvgIpc) is 2.50. The molecule has 2 aromatic rings. The Morgan fingerprint density at radius 2 is 1.86 bits per heavy atom. The summed E-state index contributed by atoms with van der Waals surface area (Å²) in [4.78, 5) is 4.56. The number of aryl methyl sites for hydroxylation is 1. The van der Waals surface area contributed by atoms with E-state index in [0.717, 1.165) is 34.6 Å². The highest BCUT2D eigenvalue weighted by atomic mass is 35.5. The molecule has 2 unspecified atom stereocenters. The Kier molecular flexibility index (Phi) is 5.24. The van der Waals surface area contributed by atoms with Gasteiger partial charge in [0.05, 0.1) is 12.5 Å². The molecule has 3 heteroatoms. The largest absolute Gasteiger partial charge is 0.496 e. The summed E-state index contributed by atoms with van der Waals surface area (Å²) in [5.41, 5.74) is 4.40. The Labute approximate surface area is 132 Å². The summed E-state index contributed by atoms with van der Waals surface area (Å²) in [5, 5.41) is -0.0142. The zero-order valence-corrected chi connectivity index (χ0v) is 13.8. The number of pyridine rings is 1. The van der Waals surface area contributed by atoms with Crippen molar-refractivity contribution in [2.75, 3.05) is 7.11 Å². The van der Waals surface area contributed by atoms with E-state index in [1.807, 2.05) is 31.3 Å². The van der Waals surface area contributed by atoms with Crippen LogP contribution in [0, 0.1) is 19.8 Å². The highest BCUT2D eigenvalue weighted by Crippen LogP contribution is 2.33. The molecule has 2 atom stereocenters. The third kappa shape index (κ3) is 3.56. The molecule has 0 fully saturated rings. The van der Waals surface area contributed by atoms with Crippen molar-refractivity contribution in [3.63, 3.8) is 0 Å². The summed E-state index contributed by atoms with van der Waals surface area (Å²) in [5.74, 6) is 1.23. The van der Waals surface area contributed by atoms with Gasteiger partial charge in [-0.2, -0.15) is 0 Å². The third-order valence-electron chi connectivity index (χ3n) is 3.88. The van der Waals surface area contributed by atoms with Gasteiger partial charge in [0, 0.05) is 23.0 Å². The summed E-state index contributed by atoms with van der Waals surface area (Å²) < 4.78 is 5.47. The van der Waals surface area contributed by atoms with Gasteiger partial charge in [0.1, 0.15) is 5.75 Å². The van der Waals surface area contributed by atoms with Gasteiger partial charge < -0.3 is 4.74 Å². The summed E-state index contributed by atoms with van der Waals surface area (Å²) >= 11 is 6.60. The standard InChI is InChI=1S/C18H22ClNO/c1-12(17(19)15-8-6-5-7-9-15)10-16-14(3)18(21-4)13(2)11-20-16/h5-9,11-12,17H,10H2,1-4H3. The van der Waals surface area contributed by atoms with Crippen molar-refractivity contribution in [1.82, 2.24) is 4.98 Å². The molecule has 1 heterocycles. The fourth-order valence-corrected chi connectivity index (χ4v) is 2.89. The monoisotopic (exact) mass is 303 g/mol. The lowest BCUT2D eigenvalue weighted by Gasteiger charge is -2.20. The molecule has 112 valence electrons. The number of halogens is 1. The SMILES string of the molecule is COc1c(C)cnc(CC(C)C(Cl)c2ccccc2)c1C. The molecule has 0 aliphatic heterocycles. The van der Waals surface area contributed by atoms with E-state index in [4.69, 9.17) is 16.3 Å². The van der Waals surface area contributed by atoms with Crippen LogP contribution in [0.2, 0.25) is 0 Å². The Morgan fingerprint density at radius 1 is 1.19 bits per heavy atom. The second kappa shape index (κ2) is 6.95. The first kappa shape index (κ1) is 15.8. The molecule has 0 aliphatic rings. The second-order valence-corrected chi connectivity index (χ2v) is 6.01. The Balaban J connectivity index is 2.18. The normalized spacial score (nSPS) is 13.8. The quantitative estimate of drug-likeness (QED) is 0.735. The highest BCUT2D eigenvalue weighted by molar-refractivity contribution is 6.21.